The minimum atomic E-state index is -0.000483. The van der Waals surface area contributed by atoms with Crippen LogP contribution in [0, 0.1) is 11.3 Å². The fourth-order valence-electron chi connectivity index (χ4n) is 3.83. The number of nitriles is 1. The van der Waals surface area contributed by atoms with E-state index in [-0.39, 0.29) is 5.91 Å². The van der Waals surface area contributed by atoms with E-state index in [0.717, 1.165) is 43.0 Å². The van der Waals surface area contributed by atoms with Crippen molar-refractivity contribution in [1.82, 2.24) is 0 Å². The summed E-state index contributed by atoms with van der Waals surface area (Å²) < 4.78 is 0. The number of hydrogen-bond acceptors (Lipinski definition) is 5. The molecular weight excluding hydrogens is 374 g/mol. The second kappa shape index (κ2) is 8.37. The summed E-state index contributed by atoms with van der Waals surface area (Å²) in [5.74, 6) is 1.12. The Labute approximate surface area is 168 Å². The van der Waals surface area contributed by atoms with E-state index in [9.17, 15) is 10.1 Å². The number of nitrogens with one attached hydrogen (secondary N) is 1. The lowest BCUT2D eigenvalue weighted by atomic mass is 9.96. The predicted molar refractivity (Wildman–Crippen MR) is 113 cm³/mol. The number of carbonyl (C=O) groups excluding carboxylic acids is 1. The molecule has 1 amide bonds. The number of anilines is 2. The highest BCUT2D eigenvalue weighted by molar-refractivity contribution is 7.99. The van der Waals surface area contributed by atoms with Gasteiger partial charge >= 0.3 is 0 Å². The maximum Gasteiger partial charge on any atom is 0.226 e. The smallest absolute Gasteiger partial charge is 0.226 e. The lowest BCUT2D eigenvalue weighted by Gasteiger charge is -2.24. The Hall–Kier alpha value is -1.97. The van der Waals surface area contributed by atoms with E-state index in [1.165, 1.54) is 27.4 Å². The van der Waals surface area contributed by atoms with Gasteiger partial charge in [-0.2, -0.15) is 5.26 Å². The molecule has 6 heteroatoms. The van der Waals surface area contributed by atoms with Crippen molar-refractivity contribution in [3.05, 3.63) is 40.3 Å². The summed E-state index contributed by atoms with van der Waals surface area (Å²) in [6, 6.07) is 10.8. The molecule has 0 spiro atoms. The molecular formula is C21H23N3OS2. The summed E-state index contributed by atoms with van der Waals surface area (Å²) in [6.45, 7) is 1.68. The van der Waals surface area contributed by atoms with Crippen molar-refractivity contribution in [2.24, 2.45) is 0 Å². The van der Waals surface area contributed by atoms with E-state index in [0.29, 0.717) is 18.5 Å². The van der Waals surface area contributed by atoms with Gasteiger partial charge in [-0.3, -0.25) is 4.79 Å². The van der Waals surface area contributed by atoms with Gasteiger partial charge in [0.25, 0.3) is 0 Å². The van der Waals surface area contributed by atoms with Crippen LogP contribution in [0.1, 0.15) is 41.7 Å². The molecule has 2 aliphatic rings. The predicted octanol–water partition coefficient (Wildman–Crippen LogP) is 4.83. The Morgan fingerprint density at radius 3 is 2.96 bits per heavy atom. The quantitative estimate of drug-likeness (QED) is 0.803. The third kappa shape index (κ3) is 3.99. The zero-order chi connectivity index (χ0) is 18.6. The van der Waals surface area contributed by atoms with E-state index in [1.54, 1.807) is 11.3 Å². The van der Waals surface area contributed by atoms with Gasteiger partial charge in [-0.25, -0.2) is 0 Å². The Morgan fingerprint density at radius 2 is 2.07 bits per heavy atom. The van der Waals surface area contributed by atoms with Gasteiger partial charge in [0.1, 0.15) is 11.1 Å². The van der Waals surface area contributed by atoms with E-state index in [4.69, 9.17) is 0 Å². The highest BCUT2D eigenvalue weighted by atomic mass is 32.2. The van der Waals surface area contributed by atoms with Gasteiger partial charge in [0.15, 0.2) is 0 Å². The van der Waals surface area contributed by atoms with Crippen molar-refractivity contribution in [3.63, 3.8) is 0 Å². The zero-order valence-electron chi connectivity index (χ0n) is 15.3. The maximum atomic E-state index is 12.6. The lowest BCUT2D eigenvalue weighted by Crippen LogP contribution is -2.28. The monoisotopic (exact) mass is 397 g/mol. The fourth-order valence-corrected chi connectivity index (χ4v) is 6.10. The number of fused-ring (bicyclic) bond motifs is 2. The molecule has 0 atom stereocenters. The molecule has 4 nitrogen and oxygen atoms in total. The Morgan fingerprint density at radius 1 is 1.22 bits per heavy atom. The minimum absolute atomic E-state index is 0.000483. The van der Waals surface area contributed by atoms with Gasteiger partial charge in [-0.1, -0.05) is 12.1 Å². The van der Waals surface area contributed by atoms with Gasteiger partial charge in [-0.15, -0.1) is 23.1 Å². The number of aryl methyl sites for hydroxylation is 1. The van der Waals surface area contributed by atoms with E-state index in [2.05, 4.69) is 40.6 Å². The van der Waals surface area contributed by atoms with Crippen molar-refractivity contribution < 1.29 is 4.79 Å². The van der Waals surface area contributed by atoms with Crippen molar-refractivity contribution in [2.45, 2.75) is 43.4 Å². The first-order valence-electron chi connectivity index (χ1n) is 9.57. The largest absolute Gasteiger partial charge is 0.370 e. The summed E-state index contributed by atoms with van der Waals surface area (Å²) in [5.41, 5.74) is 3.10. The number of para-hydroxylation sites is 1. The topological polar surface area (TPSA) is 56.1 Å². The molecule has 140 valence electrons. The van der Waals surface area contributed by atoms with Crippen molar-refractivity contribution in [3.8, 4) is 6.07 Å². The van der Waals surface area contributed by atoms with Crippen molar-refractivity contribution in [2.75, 3.05) is 29.1 Å². The molecule has 1 aromatic carbocycles. The van der Waals surface area contributed by atoms with Gasteiger partial charge in [0.05, 0.1) is 11.3 Å². The molecule has 0 unspecified atom stereocenters. The Balaban J connectivity index is 1.42. The third-order valence-electron chi connectivity index (χ3n) is 5.18. The molecule has 1 aromatic heterocycles. The van der Waals surface area contributed by atoms with Crippen molar-refractivity contribution in [1.29, 1.82) is 5.26 Å². The first-order chi connectivity index (χ1) is 13.3. The average molecular weight is 398 g/mol. The van der Waals surface area contributed by atoms with Crippen LogP contribution in [0.5, 0.6) is 0 Å². The molecule has 1 N–H and O–H groups in total. The number of nitrogens with zero attached hydrogens (tertiary/aromatic N) is 2. The Kier molecular flexibility index (Phi) is 5.70. The molecule has 0 saturated carbocycles. The standard InChI is InChI=1S/C21H23N3OS2/c22-14-16-15-6-1-3-8-18(15)27-21(16)23-20(25)10-12-24-11-5-13-26-19-9-4-2-7-17(19)24/h2,4,7,9H,1,3,5-6,8,10-13H2,(H,23,25). The van der Waals surface area contributed by atoms with Crippen LogP contribution in [0.15, 0.2) is 29.2 Å². The summed E-state index contributed by atoms with van der Waals surface area (Å²) in [5, 5.41) is 13.3. The summed E-state index contributed by atoms with van der Waals surface area (Å²) in [4.78, 5) is 17.5. The molecule has 2 heterocycles. The second-order valence-electron chi connectivity index (χ2n) is 6.98. The van der Waals surface area contributed by atoms with Gasteiger partial charge in [0, 0.05) is 29.3 Å². The normalized spacial score (nSPS) is 16.0. The Bertz CT molecular complexity index is 884. The number of amides is 1. The van der Waals surface area contributed by atoms with Crippen LogP contribution in [0.4, 0.5) is 10.7 Å². The number of benzene rings is 1. The van der Waals surface area contributed by atoms with E-state index in [1.807, 2.05) is 11.8 Å². The first kappa shape index (κ1) is 18.4. The van der Waals surface area contributed by atoms with Crippen LogP contribution in [0.3, 0.4) is 0 Å². The minimum Gasteiger partial charge on any atom is -0.370 e. The van der Waals surface area contributed by atoms with Crippen LogP contribution in [-0.4, -0.2) is 24.7 Å². The number of thioether (sulfide) groups is 1. The van der Waals surface area contributed by atoms with Crippen LogP contribution in [-0.2, 0) is 17.6 Å². The second-order valence-corrected chi connectivity index (χ2v) is 9.22. The average Bonchev–Trinajstić information content (AvgIpc) is 2.90. The van der Waals surface area contributed by atoms with E-state index < -0.39 is 0 Å². The van der Waals surface area contributed by atoms with Crippen LogP contribution in [0.25, 0.3) is 0 Å². The molecule has 0 radical (unpaired) electrons. The SMILES string of the molecule is N#Cc1c(NC(=O)CCN2CCCSc3ccccc32)sc2c1CCCC2. The molecule has 27 heavy (non-hydrogen) atoms. The first-order valence-corrected chi connectivity index (χ1v) is 11.4. The highest BCUT2D eigenvalue weighted by Gasteiger charge is 2.22. The number of thiophene rings is 1. The summed E-state index contributed by atoms with van der Waals surface area (Å²) in [7, 11) is 0. The molecule has 0 bridgehead atoms. The molecule has 4 rings (SSSR count). The van der Waals surface area contributed by atoms with Crippen LogP contribution in [0.2, 0.25) is 0 Å². The van der Waals surface area contributed by atoms with E-state index >= 15 is 0 Å². The molecule has 0 saturated heterocycles. The van der Waals surface area contributed by atoms with Crippen LogP contribution >= 0.6 is 23.1 Å². The summed E-state index contributed by atoms with van der Waals surface area (Å²) in [6.07, 6.45) is 5.87. The molecule has 1 aliphatic carbocycles. The van der Waals surface area contributed by atoms with Gasteiger partial charge < -0.3 is 10.2 Å². The lowest BCUT2D eigenvalue weighted by molar-refractivity contribution is -0.116. The fraction of sp³-hybridized carbons (Fsp3) is 0.429. The molecule has 2 aromatic rings. The molecule has 0 fully saturated rings. The molecule has 1 aliphatic heterocycles. The van der Waals surface area contributed by atoms with Crippen LogP contribution < -0.4 is 10.2 Å². The highest BCUT2D eigenvalue weighted by Crippen LogP contribution is 2.38. The number of hydrogen-bond donors (Lipinski definition) is 1. The summed E-state index contributed by atoms with van der Waals surface area (Å²) >= 11 is 3.49. The zero-order valence-corrected chi connectivity index (χ0v) is 16.9. The maximum absolute atomic E-state index is 12.6. The van der Waals surface area contributed by atoms with Gasteiger partial charge in [0.2, 0.25) is 5.91 Å². The third-order valence-corrected chi connectivity index (χ3v) is 7.54. The van der Waals surface area contributed by atoms with Crippen molar-refractivity contribution >= 4 is 39.7 Å². The number of rotatable bonds is 4. The number of carbonyl (C=O) groups is 1. The van der Waals surface area contributed by atoms with Gasteiger partial charge in [-0.05, 0) is 55.6 Å².